The van der Waals surface area contributed by atoms with Crippen LogP contribution in [0, 0.1) is 0 Å². The highest BCUT2D eigenvalue weighted by Crippen LogP contribution is 2.32. The number of thiazole rings is 1. The van der Waals surface area contributed by atoms with E-state index in [4.69, 9.17) is 16.3 Å². The predicted molar refractivity (Wildman–Crippen MR) is 180 cm³/mol. The molecule has 0 radical (unpaired) electrons. The van der Waals surface area contributed by atoms with Gasteiger partial charge in [0.05, 0.1) is 27.1 Å². The van der Waals surface area contributed by atoms with Crippen LogP contribution in [0.15, 0.2) is 110 Å². The molecule has 0 saturated heterocycles. The lowest BCUT2D eigenvalue weighted by Gasteiger charge is -2.12. The van der Waals surface area contributed by atoms with Crippen molar-refractivity contribution in [1.82, 2.24) is 10.4 Å². The second kappa shape index (κ2) is 14.4. The number of aromatic nitrogens is 1. The number of para-hydroxylation sites is 2. The van der Waals surface area contributed by atoms with Crippen molar-refractivity contribution in [2.45, 2.75) is 0 Å². The highest BCUT2D eigenvalue weighted by atomic mass is 79.9. The Bertz CT molecular complexity index is 1780. The van der Waals surface area contributed by atoms with E-state index >= 15 is 0 Å². The SMILES string of the molecule is O=C(COc1c(Br)cc(Br)cc1/C=N/NC(=O)c1ccc(-c2csc(Nc3ccccc3)n2)cc1)Nc1ccccc1Cl. The molecule has 5 aromatic rings. The molecule has 3 N–H and O–H groups in total. The van der Waals surface area contributed by atoms with Gasteiger partial charge in [-0.15, -0.1) is 11.3 Å². The van der Waals surface area contributed by atoms with Crippen LogP contribution in [0.25, 0.3) is 11.3 Å². The van der Waals surface area contributed by atoms with Gasteiger partial charge in [0.25, 0.3) is 11.8 Å². The molecular weight excluding hydrogens is 718 g/mol. The first-order valence-electron chi connectivity index (χ1n) is 12.7. The predicted octanol–water partition coefficient (Wildman–Crippen LogP) is 8.51. The van der Waals surface area contributed by atoms with E-state index in [9.17, 15) is 9.59 Å². The van der Waals surface area contributed by atoms with E-state index in [2.05, 4.69) is 58.0 Å². The Kier molecular flexibility index (Phi) is 10.2. The summed E-state index contributed by atoms with van der Waals surface area (Å²) in [6, 6.07) is 27.4. The van der Waals surface area contributed by atoms with E-state index in [1.54, 1.807) is 48.5 Å². The number of nitrogens with one attached hydrogen (secondary N) is 3. The molecule has 0 bridgehead atoms. The Balaban J connectivity index is 1.20. The molecule has 0 spiro atoms. The van der Waals surface area contributed by atoms with Crippen molar-refractivity contribution >= 4 is 89.3 Å². The largest absolute Gasteiger partial charge is 0.482 e. The number of carbonyl (C=O) groups is 2. The van der Waals surface area contributed by atoms with Gasteiger partial charge in [0, 0.05) is 32.2 Å². The van der Waals surface area contributed by atoms with Gasteiger partial charge >= 0.3 is 0 Å². The van der Waals surface area contributed by atoms with Crippen LogP contribution in [-0.4, -0.2) is 29.6 Å². The second-order valence-electron chi connectivity index (χ2n) is 8.93. The summed E-state index contributed by atoms with van der Waals surface area (Å²) in [7, 11) is 0. The molecule has 0 atom stereocenters. The van der Waals surface area contributed by atoms with Gasteiger partial charge in [0.15, 0.2) is 11.7 Å². The number of carbonyl (C=O) groups excluding carboxylic acids is 2. The summed E-state index contributed by atoms with van der Waals surface area (Å²) in [6.45, 7) is -0.270. The minimum Gasteiger partial charge on any atom is -0.482 e. The van der Waals surface area contributed by atoms with Gasteiger partial charge in [-0.05, 0) is 64.5 Å². The molecule has 43 heavy (non-hydrogen) atoms. The second-order valence-corrected chi connectivity index (χ2v) is 12.0. The fourth-order valence-electron chi connectivity index (χ4n) is 3.84. The summed E-state index contributed by atoms with van der Waals surface area (Å²) in [6.07, 6.45) is 1.44. The molecule has 0 saturated carbocycles. The van der Waals surface area contributed by atoms with Crippen molar-refractivity contribution in [3.05, 3.63) is 121 Å². The van der Waals surface area contributed by atoms with Crippen LogP contribution >= 0.6 is 54.8 Å². The van der Waals surface area contributed by atoms with Crippen LogP contribution < -0.4 is 20.8 Å². The average molecular weight is 740 g/mol. The number of benzene rings is 4. The molecule has 0 aliphatic carbocycles. The third kappa shape index (κ3) is 8.29. The molecule has 1 heterocycles. The zero-order chi connectivity index (χ0) is 30.2. The molecule has 1 aromatic heterocycles. The van der Waals surface area contributed by atoms with E-state index in [1.807, 2.05) is 47.8 Å². The Labute approximate surface area is 273 Å². The van der Waals surface area contributed by atoms with Gasteiger partial charge in [-0.25, -0.2) is 10.4 Å². The summed E-state index contributed by atoms with van der Waals surface area (Å²) in [4.78, 5) is 29.9. The topological polar surface area (TPSA) is 105 Å². The van der Waals surface area contributed by atoms with E-state index in [0.29, 0.717) is 32.1 Å². The number of amides is 2. The van der Waals surface area contributed by atoms with Gasteiger partial charge in [-0.2, -0.15) is 5.10 Å². The molecular formula is C31H22Br2ClN5O3S. The fourth-order valence-corrected chi connectivity index (χ4v) is 6.14. The summed E-state index contributed by atoms with van der Waals surface area (Å²) in [5, 5.41) is 13.3. The van der Waals surface area contributed by atoms with Crippen molar-refractivity contribution in [2.75, 3.05) is 17.2 Å². The van der Waals surface area contributed by atoms with Crippen molar-refractivity contribution in [1.29, 1.82) is 0 Å². The average Bonchev–Trinajstić information content (AvgIpc) is 3.47. The number of hydrazone groups is 1. The van der Waals surface area contributed by atoms with Crippen molar-refractivity contribution in [3.8, 4) is 17.0 Å². The molecule has 216 valence electrons. The number of anilines is 3. The van der Waals surface area contributed by atoms with E-state index in [-0.39, 0.29) is 18.4 Å². The van der Waals surface area contributed by atoms with Crippen molar-refractivity contribution in [2.24, 2.45) is 5.10 Å². The third-order valence-corrected chi connectivity index (χ3v) is 8.01. The lowest BCUT2D eigenvalue weighted by molar-refractivity contribution is -0.118. The molecule has 8 nitrogen and oxygen atoms in total. The van der Waals surface area contributed by atoms with Crippen LogP contribution in [0.3, 0.4) is 0 Å². The molecule has 0 fully saturated rings. The van der Waals surface area contributed by atoms with E-state index in [0.717, 1.165) is 26.5 Å². The van der Waals surface area contributed by atoms with Gasteiger partial charge in [0.1, 0.15) is 5.75 Å². The van der Waals surface area contributed by atoms with Gasteiger partial charge in [-0.3, -0.25) is 9.59 Å². The summed E-state index contributed by atoms with van der Waals surface area (Å²) in [5.74, 6) is -0.392. The van der Waals surface area contributed by atoms with Crippen molar-refractivity contribution < 1.29 is 14.3 Å². The first-order valence-corrected chi connectivity index (χ1v) is 15.6. The Morgan fingerprint density at radius 1 is 0.977 bits per heavy atom. The van der Waals surface area contributed by atoms with E-state index < -0.39 is 0 Å². The Hall–Kier alpha value is -4.03. The van der Waals surface area contributed by atoms with Crippen LogP contribution in [0.1, 0.15) is 15.9 Å². The monoisotopic (exact) mass is 737 g/mol. The molecule has 2 amide bonds. The maximum atomic E-state index is 12.8. The molecule has 0 aliphatic rings. The summed E-state index contributed by atoms with van der Waals surface area (Å²) in [5.41, 5.74) is 6.64. The third-order valence-electron chi connectivity index (χ3n) is 5.87. The van der Waals surface area contributed by atoms with Crippen LogP contribution in [0.5, 0.6) is 5.75 Å². The summed E-state index contributed by atoms with van der Waals surface area (Å²) < 4.78 is 7.14. The van der Waals surface area contributed by atoms with Crippen LogP contribution in [0.2, 0.25) is 5.02 Å². The summed E-state index contributed by atoms with van der Waals surface area (Å²) >= 11 is 14.5. The zero-order valence-corrected chi connectivity index (χ0v) is 26.9. The first-order chi connectivity index (χ1) is 20.9. The number of ether oxygens (including phenoxy) is 1. The number of nitrogens with zero attached hydrogens (tertiary/aromatic N) is 2. The van der Waals surface area contributed by atoms with Gasteiger partial charge < -0.3 is 15.4 Å². The highest BCUT2D eigenvalue weighted by molar-refractivity contribution is 9.11. The van der Waals surface area contributed by atoms with Gasteiger partial charge in [-0.1, -0.05) is 70.0 Å². The molecule has 5 rings (SSSR count). The smallest absolute Gasteiger partial charge is 0.271 e. The lowest BCUT2D eigenvalue weighted by atomic mass is 10.1. The normalized spacial score (nSPS) is 10.9. The fraction of sp³-hybridized carbons (Fsp3) is 0.0323. The quantitative estimate of drug-likeness (QED) is 0.0985. The van der Waals surface area contributed by atoms with Gasteiger partial charge in [0.2, 0.25) is 0 Å². The molecule has 12 heteroatoms. The Morgan fingerprint density at radius 3 is 2.49 bits per heavy atom. The van der Waals surface area contributed by atoms with E-state index in [1.165, 1.54) is 17.6 Å². The van der Waals surface area contributed by atoms with Crippen molar-refractivity contribution in [3.63, 3.8) is 0 Å². The number of hydrogen-bond acceptors (Lipinski definition) is 7. The zero-order valence-electron chi connectivity index (χ0n) is 22.2. The first kappa shape index (κ1) is 30.4. The highest BCUT2D eigenvalue weighted by Gasteiger charge is 2.13. The van der Waals surface area contributed by atoms with Crippen LogP contribution in [0.4, 0.5) is 16.5 Å². The van der Waals surface area contributed by atoms with Crippen LogP contribution in [-0.2, 0) is 4.79 Å². The standard InChI is InChI=1S/C31H22Br2ClN5O3S/c32-22-14-21(29(24(33)15-22)42-17-28(40)37-26-9-5-4-8-25(26)34)16-35-39-30(41)20-12-10-19(11-13-20)27-18-43-31(38-27)36-23-6-2-1-3-7-23/h1-16,18H,17H2,(H,36,38)(H,37,40)(H,39,41)/b35-16+. The Morgan fingerprint density at radius 2 is 1.72 bits per heavy atom. The minimum absolute atomic E-state index is 0.270. The lowest BCUT2D eigenvalue weighted by Crippen LogP contribution is -2.21. The molecule has 0 unspecified atom stereocenters. The maximum Gasteiger partial charge on any atom is 0.271 e. The molecule has 0 aliphatic heterocycles. The molecule has 4 aromatic carbocycles. The minimum atomic E-state index is -0.386. The number of rotatable bonds is 10. The number of halogens is 3. The maximum absolute atomic E-state index is 12.8. The number of hydrogen-bond donors (Lipinski definition) is 3.